The Balaban J connectivity index is 2.87. The molecule has 0 fully saturated rings. The summed E-state index contributed by atoms with van der Waals surface area (Å²) in [6.07, 6.45) is 3.34. The smallest absolute Gasteiger partial charge is 0.0565 e. The fourth-order valence-corrected chi connectivity index (χ4v) is 3.43. The lowest BCUT2D eigenvalue weighted by Crippen LogP contribution is -2.41. The first kappa shape index (κ1) is 15.8. The van der Waals surface area contributed by atoms with Gasteiger partial charge in [0.05, 0.1) is 6.10 Å². The lowest BCUT2D eigenvalue weighted by molar-refractivity contribution is -0.0142. The molecule has 1 aliphatic carbocycles. The molecule has 0 aromatic heterocycles. The maximum absolute atomic E-state index is 10.0. The van der Waals surface area contributed by atoms with Crippen LogP contribution in [0.15, 0.2) is 11.6 Å². The van der Waals surface area contributed by atoms with Gasteiger partial charge in [0.15, 0.2) is 0 Å². The Morgan fingerprint density at radius 1 is 1.28 bits per heavy atom. The van der Waals surface area contributed by atoms with Crippen molar-refractivity contribution in [1.82, 2.24) is 0 Å². The molecule has 4 atom stereocenters. The summed E-state index contributed by atoms with van der Waals surface area (Å²) in [5.74, 6) is 1.84. The molecule has 0 aliphatic heterocycles. The highest BCUT2D eigenvalue weighted by Gasteiger charge is 2.44. The van der Waals surface area contributed by atoms with Crippen molar-refractivity contribution in [3.63, 3.8) is 0 Å². The van der Waals surface area contributed by atoms with Crippen LogP contribution in [-0.2, 0) is 0 Å². The first-order chi connectivity index (χ1) is 8.02. The van der Waals surface area contributed by atoms with Gasteiger partial charge in [-0.3, -0.25) is 0 Å². The highest BCUT2D eigenvalue weighted by Crippen LogP contribution is 2.51. The number of aliphatic hydroxyl groups is 1. The Bertz CT molecular complexity index is 323. The van der Waals surface area contributed by atoms with Gasteiger partial charge in [-0.05, 0) is 48.9 Å². The molecule has 1 rings (SSSR count). The minimum Gasteiger partial charge on any atom is -0.393 e. The van der Waals surface area contributed by atoms with Crippen LogP contribution in [0.4, 0.5) is 0 Å². The number of allylic oxidation sites excluding steroid dienone is 2. The molecule has 0 amide bonds. The van der Waals surface area contributed by atoms with E-state index < -0.39 is 0 Å². The number of rotatable bonds is 4. The molecule has 0 radical (unpaired) electrons. The zero-order valence-corrected chi connectivity index (χ0v) is 13.5. The molecule has 1 aliphatic rings. The average Bonchev–Trinajstić information content (AvgIpc) is 2.51. The van der Waals surface area contributed by atoms with Gasteiger partial charge in [0, 0.05) is 0 Å². The molecule has 0 bridgehead atoms. The van der Waals surface area contributed by atoms with E-state index in [4.69, 9.17) is 0 Å². The summed E-state index contributed by atoms with van der Waals surface area (Å²) >= 11 is 0. The van der Waals surface area contributed by atoms with Gasteiger partial charge in [0.25, 0.3) is 0 Å². The van der Waals surface area contributed by atoms with E-state index in [1.165, 1.54) is 12.0 Å². The van der Waals surface area contributed by atoms with Crippen LogP contribution in [0, 0.1) is 28.6 Å². The molecule has 0 heterocycles. The van der Waals surface area contributed by atoms with Crippen LogP contribution in [0.2, 0.25) is 0 Å². The van der Waals surface area contributed by atoms with Gasteiger partial charge in [0.1, 0.15) is 0 Å². The maximum Gasteiger partial charge on any atom is 0.0565 e. The maximum atomic E-state index is 10.0. The van der Waals surface area contributed by atoms with Crippen molar-refractivity contribution in [1.29, 1.82) is 0 Å². The van der Waals surface area contributed by atoms with E-state index in [0.717, 1.165) is 0 Å². The Hall–Kier alpha value is -0.300. The first-order valence-corrected chi connectivity index (χ1v) is 7.38. The quantitative estimate of drug-likeness (QED) is 0.722. The number of hydrogen-bond acceptors (Lipinski definition) is 1. The minimum absolute atomic E-state index is 0.0218. The monoisotopic (exact) mass is 252 g/mol. The van der Waals surface area contributed by atoms with Crippen molar-refractivity contribution in [2.75, 3.05) is 0 Å². The zero-order chi connectivity index (χ0) is 14.3. The molecule has 4 unspecified atom stereocenters. The van der Waals surface area contributed by atoms with Gasteiger partial charge in [-0.25, -0.2) is 0 Å². The highest BCUT2D eigenvalue weighted by molar-refractivity contribution is 5.19. The van der Waals surface area contributed by atoms with E-state index in [1.54, 1.807) is 0 Å². The van der Waals surface area contributed by atoms with Crippen LogP contribution >= 0.6 is 0 Å². The van der Waals surface area contributed by atoms with Gasteiger partial charge in [0.2, 0.25) is 0 Å². The predicted molar refractivity (Wildman–Crippen MR) is 79.4 cm³/mol. The van der Waals surface area contributed by atoms with Gasteiger partial charge < -0.3 is 5.11 Å². The Labute approximate surface area is 114 Å². The van der Waals surface area contributed by atoms with E-state index in [1.807, 2.05) is 6.92 Å². The molecule has 18 heavy (non-hydrogen) atoms. The standard InChI is InChI=1S/C17H32O/c1-11-9-10-15(16(11,5)6)12(2)13(3)17(7,8)14(4)18/h9,12-15,18H,10H2,1-8H3. The predicted octanol–water partition coefficient (Wildman–Crippen LogP) is 4.66. The van der Waals surface area contributed by atoms with E-state index in [9.17, 15) is 5.11 Å². The third-order valence-electron chi connectivity index (χ3n) is 6.29. The summed E-state index contributed by atoms with van der Waals surface area (Å²) in [6, 6.07) is 0. The normalized spacial score (nSPS) is 28.7. The van der Waals surface area contributed by atoms with Crippen molar-refractivity contribution >= 4 is 0 Å². The molecule has 0 aromatic carbocycles. The molecule has 106 valence electrons. The van der Waals surface area contributed by atoms with Crippen molar-refractivity contribution in [3.8, 4) is 0 Å². The molecule has 1 nitrogen and oxygen atoms in total. The van der Waals surface area contributed by atoms with Crippen LogP contribution in [0.3, 0.4) is 0 Å². The minimum atomic E-state index is -0.256. The fraction of sp³-hybridized carbons (Fsp3) is 0.882. The van der Waals surface area contributed by atoms with Crippen LogP contribution in [0.1, 0.15) is 61.8 Å². The second kappa shape index (κ2) is 5.00. The Morgan fingerprint density at radius 2 is 1.78 bits per heavy atom. The van der Waals surface area contributed by atoms with Crippen LogP contribution in [-0.4, -0.2) is 11.2 Å². The molecule has 0 saturated heterocycles. The van der Waals surface area contributed by atoms with E-state index in [2.05, 4.69) is 54.5 Å². The molecule has 0 saturated carbocycles. The molecular weight excluding hydrogens is 220 g/mol. The van der Waals surface area contributed by atoms with Crippen LogP contribution in [0.25, 0.3) is 0 Å². The van der Waals surface area contributed by atoms with Gasteiger partial charge in [-0.15, -0.1) is 0 Å². The molecule has 0 aromatic rings. The summed E-state index contributed by atoms with van der Waals surface area (Å²) in [7, 11) is 0. The summed E-state index contributed by atoms with van der Waals surface area (Å²) in [6.45, 7) is 18.0. The first-order valence-electron chi connectivity index (χ1n) is 7.38. The second-order valence-electron chi connectivity index (χ2n) is 7.60. The van der Waals surface area contributed by atoms with Crippen molar-refractivity contribution in [2.24, 2.45) is 28.6 Å². The number of aliphatic hydroxyl groups excluding tert-OH is 1. The molecule has 1 N–H and O–H groups in total. The van der Waals surface area contributed by atoms with Crippen LogP contribution < -0.4 is 0 Å². The largest absolute Gasteiger partial charge is 0.393 e. The lowest BCUT2D eigenvalue weighted by Gasteiger charge is -2.44. The lowest BCUT2D eigenvalue weighted by atomic mass is 9.62. The molecule has 1 heteroatoms. The van der Waals surface area contributed by atoms with Crippen molar-refractivity contribution in [2.45, 2.75) is 67.9 Å². The summed E-state index contributed by atoms with van der Waals surface area (Å²) in [4.78, 5) is 0. The van der Waals surface area contributed by atoms with E-state index in [0.29, 0.717) is 23.2 Å². The zero-order valence-electron chi connectivity index (χ0n) is 13.5. The Morgan fingerprint density at radius 3 is 2.11 bits per heavy atom. The summed E-state index contributed by atoms with van der Waals surface area (Å²) in [5.41, 5.74) is 1.82. The van der Waals surface area contributed by atoms with E-state index in [-0.39, 0.29) is 11.5 Å². The van der Waals surface area contributed by atoms with Gasteiger partial charge in [-0.2, -0.15) is 0 Å². The van der Waals surface area contributed by atoms with Crippen LogP contribution in [0.5, 0.6) is 0 Å². The van der Waals surface area contributed by atoms with Crippen molar-refractivity contribution in [3.05, 3.63) is 11.6 Å². The third kappa shape index (κ3) is 2.52. The fourth-order valence-electron chi connectivity index (χ4n) is 3.43. The number of hydrogen-bond donors (Lipinski definition) is 1. The van der Waals surface area contributed by atoms with Crippen molar-refractivity contribution < 1.29 is 5.11 Å². The highest BCUT2D eigenvalue weighted by atomic mass is 16.3. The second-order valence-corrected chi connectivity index (χ2v) is 7.60. The summed E-state index contributed by atoms with van der Waals surface area (Å²) in [5, 5.41) is 10.0. The molecular formula is C17H32O. The topological polar surface area (TPSA) is 20.2 Å². The summed E-state index contributed by atoms with van der Waals surface area (Å²) < 4.78 is 0. The Kier molecular flexibility index (Phi) is 4.37. The SMILES string of the molecule is CC1=CCC(C(C)C(C)C(C)(C)C(C)O)C1(C)C. The third-order valence-corrected chi connectivity index (χ3v) is 6.29. The molecule has 0 spiro atoms. The van der Waals surface area contributed by atoms with E-state index >= 15 is 0 Å². The van der Waals surface area contributed by atoms with Gasteiger partial charge >= 0.3 is 0 Å². The van der Waals surface area contributed by atoms with Gasteiger partial charge in [-0.1, -0.05) is 53.2 Å². The average molecular weight is 252 g/mol.